The SMILES string of the molecule is O=C1COC(COc2ccccc2)CN1c1ccc(Cl)cc1. The zero-order valence-electron chi connectivity index (χ0n) is 11.9. The van der Waals surface area contributed by atoms with E-state index in [2.05, 4.69) is 0 Å². The molecule has 3 rings (SSSR count). The Morgan fingerprint density at radius 1 is 1.14 bits per heavy atom. The highest BCUT2D eigenvalue weighted by Crippen LogP contribution is 2.21. The molecule has 22 heavy (non-hydrogen) atoms. The Bertz CT molecular complexity index is 630. The van der Waals surface area contributed by atoms with Crippen LogP contribution in [-0.4, -0.2) is 31.8 Å². The number of morpholine rings is 1. The van der Waals surface area contributed by atoms with E-state index in [4.69, 9.17) is 21.1 Å². The van der Waals surface area contributed by atoms with Crippen LogP contribution in [0.4, 0.5) is 5.69 Å². The minimum absolute atomic E-state index is 0.0571. The van der Waals surface area contributed by atoms with Crippen LogP contribution in [0.15, 0.2) is 54.6 Å². The Labute approximate surface area is 134 Å². The number of benzene rings is 2. The summed E-state index contributed by atoms with van der Waals surface area (Å²) >= 11 is 5.89. The molecular weight excluding hydrogens is 302 g/mol. The van der Waals surface area contributed by atoms with Gasteiger partial charge in [-0.05, 0) is 36.4 Å². The number of hydrogen-bond donors (Lipinski definition) is 0. The minimum Gasteiger partial charge on any atom is -0.491 e. The summed E-state index contributed by atoms with van der Waals surface area (Å²) in [5.74, 6) is 0.735. The van der Waals surface area contributed by atoms with Gasteiger partial charge in [-0.2, -0.15) is 0 Å². The topological polar surface area (TPSA) is 38.8 Å². The van der Waals surface area contributed by atoms with Gasteiger partial charge < -0.3 is 14.4 Å². The van der Waals surface area contributed by atoms with E-state index < -0.39 is 0 Å². The van der Waals surface area contributed by atoms with Gasteiger partial charge in [-0.15, -0.1) is 0 Å². The zero-order chi connectivity index (χ0) is 15.4. The number of carbonyl (C=O) groups is 1. The van der Waals surface area contributed by atoms with Crippen LogP contribution in [0.3, 0.4) is 0 Å². The van der Waals surface area contributed by atoms with Gasteiger partial charge in [0.05, 0.1) is 6.54 Å². The fourth-order valence-corrected chi connectivity index (χ4v) is 2.43. The summed E-state index contributed by atoms with van der Waals surface area (Å²) < 4.78 is 11.2. The van der Waals surface area contributed by atoms with Gasteiger partial charge in [0.1, 0.15) is 25.1 Å². The van der Waals surface area contributed by atoms with Crippen LogP contribution in [0.5, 0.6) is 5.75 Å². The maximum Gasteiger partial charge on any atom is 0.253 e. The standard InChI is InChI=1S/C17H16ClNO3/c18-13-6-8-14(9-7-13)19-10-16(22-12-17(19)20)11-21-15-4-2-1-3-5-15/h1-9,16H,10-12H2. The molecular formula is C17H16ClNO3. The first-order chi connectivity index (χ1) is 10.7. The van der Waals surface area contributed by atoms with Crippen LogP contribution in [0.2, 0.25) is 5.02 Å². The molecule has 1 fully saturated rings. The molecule has 0 bridgehead atoms. The fraction of sp³-hybridized carbons (Fsp3) is 0.235. The maximum atomic E-state index is 12.0. The van der Waals surface area contributed by atoms with Crippen molar-refractivity contribution in [2.24, 2.45) is 0 Å². The molecule has 2 aromatic rings. The third-order valence-electron chi connectivity index (χ3n) is 3.45. The lowest BCUT2D eigenvalue weighted by Gasteiger charge is -2.32. The van der Waals surface area contributed by atoms with E-state index in [0.29, 0.717) is 18.2 Å². The molecule has 4 nitrogen and oxygen atoms in total. The highest BCUT2D eigenvalue weighted by Gasteiger charge is 2.27. The molecule has 1 atom stereocenters. The number of halogens is 1. The molecule has 0 saturated carbocycles. The van der Waals surface area contributed by atoms with Gasteiger partial charge in [-0.25, -0.2) is 0 Å². The van der Waals surface area contributed by atoms with Crippen LogP contribution in [0.1, 0.15) is 0 Å². The normalized spacial score (nSPS) is 18.3. The van der Waals surface area contributed by atoms with E-state index in [1.165, 1.54) is 0 Å². The number of anilines is 1. The molecule has 0 N–H and O–H groups in total. The average molecular weight is 318 g/mol. The summed E-state index contributed by atoms with van der Waals surface area (Å²) in [6, 6.07) is 16.8. The smallest absolute Gasteiger partial charge is 0.253 e. The first kappa shape index (κ1) is 14.9. The van der Waals surface area contributed by atoms with Gasteiger partial charge in [-0.3, -0.25) is 4.79 Å². The predicted molar refractivity (Wildman–Crippen MR) is 85.5 cm³/mol. The second-order valence-corrected chi connectivity index (χ2v) is 5.47. The van der Waals surface area contributed by atoms with Gasteiger partial charge in [0, 0.05) is 10.7 Å². The molecule has 0 aliphatic carbocycles. The number of hydrogen-bond acceptors (Lipinski definition) is 3. The highest BCUT2D eigenvalue weighted by atomic mass is 35.5. The highest BCUT2D eigenvalue weighted by molar-refractivity contribution is 6.30. The van der Waals surface area contributed by atoms with Crippen LogP contribution in [-0.2, 0) is 9.53 Å². The molecule has 2 aromatic carbocycles. The van der Waals surface area contributed by atoms with E-state index in [-0.39, 0.29) is 18.6 Å². The Morgan fingerprint density at radius 3 is 2.59 bits per heavy atom. The number of amides is 1. The van der Waals surface area contributed by atoms with Crippen molar-refractivity contribution in [2.45, 2.75) is 6.10 Å². The number of nitrogens with zero attached hydrogens (tertiary/aromatic N) is 1. The molecule has 0 spiro atoms. The summed E-state index contributed by atoms with van der Waals surface area (Å²) in [6.07, 6.45) is -0.159. The van der Waals surface area contributed by atoms with Gasteiger partial charge in [-0.1, -0.05) is 29.8 Å². The van der Waals surface area contributed by atoms with E-state index in [1.54, 1.807) is 17.0 Å². The van der Waals surface area contributed by atoms with Crippen LogP contribution >= 0.6 is 11.6 Å². The summed E-state index contributed by atoms with van der Waals surface area (Å²) in [6.45, 7) is 0.931. The lowest BCUT2D eigenvalue weighted by atomic mass is 10.2. The van der Waals surface area contributed by atoms with Gasteiger partial charge in [0.2, 0.25) is 0 Å². The first-order valence-corrected chi connectivity index (χ1v) is 7.45. The lowest BCUT2D eigenvalue weighted by Crippen LogP contribution is -2.48. The number of rotatable bonds is 4. The van der Waals surface area contributed by atoms with Crippen molar-refractivity contribution in [2.75, 3.05) is 24.7 Å². The molecule has 1 amide bonds. The van der Waals surface area contributed by atoms with Crippen molar-refractivity contribution in [1.29, 1.82) is 0 Å². The van der Waals surface area contributed by atoms with Crippen molar-refractivity contribution < 1.29 is 14.3 Å². The molecule has 5 heteroatoms. The summed E-state index contributed by atoms with van der Waals surface area (Å²) in [7, 11) is 0. The molecule has 1 saturated heterocycles. The summed E-state index contributed by atoms with van der Waals surface area (Å²) in [5, 5.41) is 0.647. The van der Waals surface area contributed by atoms with Gasteiger partial charge in [0.25, 0.3) is 5.91 Å². The van der Waals surface area contributed by atoms with Crippen LogP contribution < -0.4 is 9.64 Å². The van der Waals surface area contributed by atoms with Gasteiger partial charge >= 0.3 is 0 Å². The van der Waals surface area contributed by atoms with Crippen molar-refractivity contribution in [1.82, 2.24) is 0 Å². The fourth-order valence-electron chi connectivity index (χ4n) is 2.30. The maximum absolute atomic E-state index is 12.0. The lowest BCUT2D eigenvalue weighted by molar-refractivity contribution is -0.130. The quantitative estimate of drug-likeness (QED) is 0.869. The number of ether oxygens (including phenoxy) is 2. The Kier molecular flexibility index (Phi) is 4.61. The van der Waals surface area contributed by atoms with Crippen molar-refractivity contribution >= 4 is 23.2 Å². The summed E-state index contributed by atoms with van der Waals surface area (Å²) in [4.78, 5) is 13.7. The molecule has 1 heterocycles. The van der Waals surface area contributed by atoms with E-state index in [0.717, 1.165) is 11.4 Å². The third-order valence-corrected chi connectivity index (χ3v) is 3.70. The van der Waals surface area contributed by atoms with Crippen molar-refractivity contribution in [3.8, 4) is 5.75 Å². The van der Waals surface area contributed by atoms with Gasteiger partial charge in [0.15, 0.2) is 0 Å². The van der Waals surface area contributed by atoms with Crippen LogP contribution in [0.25, 0.3) is 0 Å². The molecule has 1 aliphatic heterocycles. The Morgan fingerprint density at radius 2 is 1.86 bits per heavy atom. The molecule has 0 radical (unpaired) electrons. The van der Waals surface area contributed by atoms with E-state index in [1.807, 2.05) is 42.5 Å². The number of carbonyl (C=O) groups excluding carboxylic acids is 1. The predicted octanol–water partition coefficient (Wildman–Crippen LogP) is 3.15. The monoisotopic (exact) mass is 317 g/mol. The minimum atomic E-state index is -0.159. The van der Waals surface area contributed by atoms with Crippen molar-refractivity contribution in [3.05, 3.63) is 59.6 Å². The first-order valence-electron chi connectivity index (χ1n) is 7.08. The molecule has 1 aliphatic rings. The average Bonchev–Trinajstić information content (AvgIpc) is 2.56. The molecule has 1 unspecified atom stereocenters. The van der Waals surface area contributed by atoms with E-state index >= 15 is 0 Å². The number of para-hydroxylation sites is 1. The molecule has 0 aromatic heterocycles. The second kappa shape index (κ2) is 6.81. The van der Waals surface area contributed by atoms with Crippen molar-refractivity contribution in [3.63, 3.8) is 0 Å². The van der Waals surface area contributed by atoms with Crippen LogP contribution in [0, 0.1) is 0 Å². The zero-order valence-corrected chi connectivity index (χ0v) is 12.7. The Hall–Kier alpha value is -2.04. The Balaban J connectivity index is 1.63. The largest absolute Gasteiger partial charge is 0.491 e. The second-order valence-electron chi connectivity index (χ2n) is 5.04. The van der Waals surface area contributed by atoms with E-state index in [9.17, 15) is 4.79 Å². The summed E-state index contributed by atoms with van der Waals surface area (Å²) in [5.41, 5.74) is 0.822. The third kappa shape index (κ3) is 3.59. The molecule has 114 valence electrons.